The molecule has 0 amide bonds. The van der Waals surface area contributed by atoms with Crippen molar-refractivity contribution in [3.8, 4) is 0 Å². The Balaban J connectivity index is 1.59. The number of hydrogen-bond acceptors (Lipinski definition) is 2. The van der Waals surface area contributed by atoms with Crippen molar-refractivity contribution >= 4 is 0 Å². The minimum Gasteiger partial charge on any atom is -0.315 e. The third-order valence-electron chi connectivity index (χ3n) is 3.87. The molecule has 0 aromatic heterocycles. The monoisotopic (exact) mass is 230 g/mol. The first-order valence-electron chi connectivity index (χ1n) is 6.94. The standard InChI is InChI=1S/C15H22N2/c1-8-16-9-11-17(10-1)12-13-2-4-14(5-3-13)15-6-7-15/h2-5,15-16H,1,6-12H2. The van der Waals surface area contributed by atoms with Gasteiger partial charge in [0.15, 0.2) is 0 Å². The summed E-state index contributed by atoms with van der Waals surface area (Å²) in [6.45, 7) is 5.85. The van der Waals surface area contributed by atoms with Crippen LogP contribution in [0.3, 0.4) is 0 Å². The molecule has 1 aromatic carbocycles. The Morgan fingerprint density at radius 3 is 2.65 bits per heavy atom. The zero-order chi connectivity index (χ0) is 11.5. The van der Waals surface area contributed by atoms with Gasteiger partial charge in [0, 0.05) is 19.6 Å². The van der Waals surface area contributed by atoms with Crippen LogP contribution >= 0.6 is 0 Å². The molecule has 1 aromatic rings. The van der Waals surface area contributed by atoms with Crippen molar-refractivity contribution in [3.63, 3.8) is 0 Å². The summed E-state index contributed by atoms with van der Waals surface area (Å²) in [5.74, 6) is 0.881. The van der Waals surface area contributed by atoms with Crippen LogP contribution in [-0.2, 0) is 6.54 Å². The van der Waals surface area contributed by atoms with Crippen molar-refractivity contribution < 1.29 is 0 Å². The molecule has 1 aliphatic carbocycles. The first-order valence-corrected chi connectivity index (χ1v) is 6.94. The van der Waals surface area contributed by atoms with E-state index in [0.717, 1.165) is 19.0 Å². The minimum atomic E-state index is 0.881. The first-order chi connectivity index (χ1) is 8.42. The van der Waals surface area contributed by atoms with E-state index in [1.165, 1.54) is 44.5 Å². The van der Waals surface area contributed by atoms with E-state index in [4.69, 9.17) is 0 Å². The van der Waals surface area contributed by atoms with Crippen LogP contribution in [0.1, 0.15) is 36.3 Å². The number of hydrogen-bond donors (Lipinski definition) is 1. The van der Waals surface area contributed by atoms with E-state index in [-0.39, 0.29) is 0 Å². The molecule has 3 rings (SSSR count). The van der Waals surface area contributed by atoms with Gasteiger partial charge in [0.25, 0.3) is 0 Å². The summed E-state index contributed by atoms with van der Waals surface area (Å²) in [6.07, 6.45) is 4.08. The van der Waals surface area contributed by atoms with Crippen LogP contribution in [-0.4, -0.2) is 31.1 Å². The average molecular weight is 230 g/mol. The van der Waals surface area contributed by atoms with Gasteiger partial charge in [0.05, 0.1) is 0 Å². The molecule has 2 fully saturated rings. The molecule has 0 spiro atoms. The van der Waals surface area contributed by atoms with Crippen molar-refractivity contribution in [1.29, 1.82) is 0 Å². The van der Waals surface area contributed by atoms with Crippen molar-refractivity contribution in [2.24, 2.45) is 0 Å². The highest BCUT2D eigenvalue weighted by molar-refractivity contribution is 5.28. The quantitative estimate of drug-likeness (QED) is 0.857. The molecule has 2 aliphatic rings. The van der Waals surface area contributed by atoms with Crippen LogP contribution < -0.4 is 5.32 Å². The lowest BCUT2D eigenvalue weighted by Gasteiger charge is -2.19. The van der Waals surface area contributed by atoms with E-state index in [1.54, 1.807) is 5.56 Å². The SMILES string of the molecule is c1cc(C2CC2)ccc1CN1CCCNCC1. The third kappa shape index (κ3) is 3.08. The van der Waals surface area contributed by atoms with Crippen LogP contribution in [0.15, 0.2) is 24.3 Å². The van der Waals surface area contributed by atoms with Gasteiger partial charge < -0.3 is 5.32 Å². The maximum absolute atomic E-state index is 3.45. The van der Waals surface area contributed by atoms with E-state index < -0.39 is 0 Å². The lowest BCUT2D eigenvalue weighted by atomic mass is 10.1. The third-order valence-corrected chi connectivity index (χ3v) is 3.87. The van der Waals surface area contributed by atoms with E-state index >= 15 is 0 Å². The van der Waals surface area contributed by atoms with Crippen LogP contribution in [0.25, 0.3) is 0 Å². The predicted molar refractivity (Wildman–Crippen MR) is 71.2 cm³/mol. The Bertz CT molecular complexity index is 346. The molecule has 0 radical (unpaired) electrons. The van der Waals surface area contributed by atoms with E-state index in [1.807, 2.05) is 0 Å². The van der Waals surface area contributed by atoms with Crippen LogP contribution in [0, 0.1) is 0 Å². The predicted octanol–water partition coefficient (Wildman–Crippen LogP) is 2.36. The Labute approximate surface area is 104 Å². The number of benzene rings is 1. The second kappa shape index (κ2) is 5.19. The number of nitrogens with one attached hydrogen (secondary N) is 1. The number of rotatable bonds is 3. The van der Waals surface area contributed by atoms with Crippen molar-refractivity contribution in [2.75, 3.05) is 26.2 Å². The van der Waals surface area contributed by atoms with Gasteiger partial charge in [-0.15, -0.1) is 0 Å². The summed E-state index contributed by atoms with van der Waals surface area (Å²) in [7, 11) is 0. The Hall–Kier alpha value is -0.860. The summed E-state index contributed by atoms with van der Waals surface area (Å²) in [6, 6.07) is 9.32. The Morgan fingerprint density at radius 1 is 1.06 bits per heavy atom. The fourth-order valence-corrected chi connectivity index (χ4v) is 2.63. The maximum Gasteiger partial charge on any atom is 0.0234 e. The highest BCUT2D eigenvalue weighted by Crippen LogP contribution is 2.39. The van der Waals surface area contributed by atoms with Gasteiger partial charge in [-0.2, -0.15) is 0 Å². The molecule has 1 N–H and O–H groups in total. The van der Waals surface area contributed by atoms with Crippen molar-refractivity contribution in [2.45, 2.75) is 31.7 Å². The van der Waals surface area contributed by atoms with E-state index in [9.17, 15) is 0 Å². The van der Waals surface area contributed by atoms with Gasteiger partial charge in [-0.25, -0.2) is 0 Å². The molecule has 0 unspecified atom stereocenters. The number of nitrogens with zero attached hydrogens (tertiary/aromatic N) is 1. The molecule has 92 valence electrons. The topological polar surface area (TPSA) is 15.3 Å². The molecule has 1 heterocycles. The molecule has 0 bridgehead atoms. The minimum absolute atomic E-state index is 0.881. The molecule has 2 heteroatoms. The lowest BCUT2D eigenvalue weighted by molar-refractivity contribution is 0.284. The Morgan fingerprint density at radius 2 is 1.88 bits per heavy atom. The Kier molecular flexibility index (Phi) is 3.44. The molecule has 2 nitrogen and oxygen atoms in total. The largest absolute Gasteiger partial charge is 0.315 e. The summed E-state index contributed by atoms with van der Waals surface area (Å²) in [4.78, 5) is 2.56. The van der Waals surface area contributed by atoms with Gasteiger partial charge in [-0.05, 0) is 49.4 Å². The maximum atomic E-state index is 3.45. The van der Waals surface area contributed by atoms with Gasteiger partial charge in [0.1, 0.15) is 0 Å². The smallest absolute Gasteiger partial charge is 0.0234 e. The summed E-state index contributed by atoms with van der Waals surface area (Å²) >= 11 is 0. The lowest BCUT2D eigenvalue weighted by Crippen LogP contribution is -2.27. The zero-order valence-electron chi connectivity index (χ0n) is 10.5. The summed E-state index contributed by atoms with van der Waals surface area (Å²) in [5, 5.41) is 3.45. The molecule has 0 atom stereocenters. The highest BCUT2D eigenvalue weighted by atomic mass is 15.1. The van der Waals surface area contributed by atoms with E-state index in [0.29, 0.717) is 0 Å². The molecule has 1 aliphatic heterocycles. The summed E-state index contributed by atoms with van der Waals surface area (Å²) in [5.41, 5.74) is 3.02. The van der Waals surface area contributed by atoms with Gasteiger partial charge in [0.2, 0.25) is 0 Å². The highest BCUT2D eigenvalue weighted by Gasteiger charge is 2.22. The van der Waals surface area contributed by atoms with Crippen molar-refractivity contribution in [1.82, 2.24) is 10.2 Å². The molecular weight excluding hydrogens is 208 g/mol. The fourth-order valence-electron chi connectivity index (χ4n) is 2.63. The molecular formula is C15H22N2. The van der Waals surface area contributed by atoms with Crippen molar-refractivity contribution in [3.05, 3.63) is 35.4 Å². The normalized spacial score (nSPS) is 22.4. The summed E-state index contributed by atoms with van der Waals surface area (Å²) < 4.78 is 0. The molecule has 1 saturated carbocycles. The van der Waals surface area contributed by atoms with E-state index in [2.05, 4.69) is 34.5 Å². The molecule has 17 heavy (non-hydrogen) atoms. The van der Waals surface area contributed by atoms with Crippen LogP contribution in [0.4, 0.5) is 0 Å². The van der Waals surface area contributed by atoms with Gasteiger partial charge in [-0.3, -0.25) is 4.90 Å². The van der Waals surface area contributed by atoms with Crippen LogP contribution in [0.5, 0.6) is 0 Å². The molecule has 1 saturated heterocycles. The van der Waals surface area contributed by atoms with Crippen LogP contribution in [0.2, 0.25) is 0 Å². The zero-order valence-corrected chi connectivity index (χ0v) is 10.5. The first kappa shape index (κ1) is 11.2. The fraction of sp³-hybridized carbons (Fsp3) is 0.600. The second-order valence-corrected chi connectivity index (χ2v) is 5.40. The average Bonchev–Trinajstić information content (AvgIpc) is 3.17. The second-order valence-electron chi connectivity index (χ2n) is 5.40. The van der Waals surface area contributed by atoms with Gasteiger partial charge >= 0.3 is 0 Å². The van der Waals surface area contributed by atoms with Gasteiger partial charge in [-0.1, -0.05) is 24.3 Å².